The van der Waals surface area contributed by atoms with E-state index in [-0.39, 0.29) is 5.92 Å². The maximum absolute atomic E-state index is 13.4. The van der Waals surface area contributed by atoms with E-state index in [9.17, 15) is 4.79 Å². The van der Waals surface area contributed by atoms with E-state index in [0.29, 0.717) is 24.0 Å². The Morgan fingerprint density at radius 1 is 1.10 bits per heavy atom. The van der Waals surface area contributed by atoms with Crippen molar-refractivity contribution < 1.29 is 4.79 Å². The molecule has 3 unspecified atom stereocenters. The molecule has 2 aliphatic heterocycles. The number of H-pyrrole nitrogens is 1. The number of amides is 1. The molecule has 4 heterocycles. The lowest BCUT2D eigenvalue weighted by Crippen LogP contribution is -2.50. The number of nitrogens with one attached hydrogen (secondary N) is 1. The number of carbonyl (C=O) groups excluding carboxylic acids is 1. The van der Waals surface area contributed by atoms with E-state index in [2.05, 4.69) is 60.2 Å². The summed E-state index contributed by atoms with van der Waals surface area (Å²) in [6.45, 7) is 7.24. The third-order valence-corrected chi connectivity index (χ3v) is 7.40. The van der Waals surface area contributed by atoms with Crippen molar-refractivity contribution in [3.8, 4) is 0 Å². The number of carbonyl (C=O) groups is 1. The van der Waals surface area contributed by atoms with Gasteiger partial charge in [0, 0.05) is 31.0 Å². The number of piperidine rings is 1. The Kier molecular flexibility index (Phi) is 5.30. The smallest absolute Gasteiger partial charge is 0.226 e. The summed E-state index contributed by atoms with van der Waals surface area (Å²) < 4.78 is 2.06. The fourth-order valence-corrected chi connectivity index (χ4v) is 5.67. The van der Waals surface area contributed by atoms with Crippen LogP contribution in [-0.2, 0) is 24.2 Å². The Bertz CT molecular complexity index is 873. The predicted octanol–water partition coefficient (Wildman–Crippen LogP) is 1.74. The van der Waals surface area contributed by atoms with Crippen molar-refractivity contribution in [2.24, 2.45) is 5.92 Å². The fraction of sp³-hybridized carbons (Fsp3) is 0.762. The van der Waals surface area contributed by atoms with E-state index >= 15 is 0 Å². The molecular formula is C21H32N8O. The first-order chi connectivity index (χ1) is 14.7. The van der Waals surface area contributed by atoms with Crippen LogP contribution in [0.5, 0.6) is 0 Å². The van der Waals surface area contributed by atoms with E-state index in [1.54, 1.807) is 0 Å². The molecule has 0 radical (unpaired) electrons. The van der Waals surface area contributed by atoms with Crippen LogP contribution in [0.4, 0.5) is 0 Å². The standard InChI is InChI=1S/C21H32N8O/c1-3-27(4-2)12-15-13-28(26-22-15)18-10-16-6-7-17(11-18)29(16)21(30)14-5-8-19-20(9-14)24-25-23-19/h13-14,16-18H,3-12H2,1-2H3,(H,23,24,25). The molecule has 30 heavy (non-hydrogen) atoms. The van der Waals surface area contributed by atoms with E-state index < -0.39 is 0 Å². The van der Waals surface area contributed by atoms with Crippen molar-refractivity contribution in [1.82, 2.24) is 40.2 Å². The van der Waals surface area contributed by atoms with E-state index in [1.165, 1.54) is 0 Å². The molecule has 5 rings (SSSR count). The number of hydrogen-bond donors (Lipinski definition) is 1. The van der Waals surface area contributed by atoms with Gasteiger partial charge in [-0.05, 0) is 51.6 Å². The van der Waals surface area contributed by atoms with Gasteiger partial charge >= 0.3 is 0 Å². The first kappa shape index (κ1) is 19.7. The Morgan fingerprint density at radius 3 is 2.57 bits per heavy atom. The number of aromatic amines is 1. The maximum atomic E-state index is 13.4. The van der Waals surface area contributed by atoms with Gasteiger partial charge in [0.05, 0.1) is 29.3 Å². The molecule has 162 valence electrons. The average Bonchev–Trinajstić information content (AvgIpc) is 3.48. The topological polar surface area (TPSA) is 95.8 Å². The first-order valence-electron chi connectivity index (χ1n) is 11.5. The molecule has 2 saturated heterocycles. The second-order valence-electron chi connectivity index (χ2n) is 9.06. The molecule has 9 nitrogen and oxygen atoms in total. The molecule has 2 aromatic rings. The summed E-state index contributed by atoms with van der Waals surface area (Å²) in [5.74, 6) is 0.379. The Labute approximate surface area is 177 Å². The highest BCUT2D eigenvalue weighted by Crippen LogP contribution is 2.42. The number of aromatic nitrogens is 6. The van der Waals surface area contributed by atoms with E-state index in [1.807, 2.05) is 0 Å². The zero-order valence-corrected chi connectivity index (χ0v) is 18.0. The second-order valence-corrected chi connectivity index (χ2v) is 9.06. The van der Waals surface area contributed by atoms with Crippen LogP contribution in [-0.4, -0.2) is 71.3 Å². The van der Waals surface area contributed by atoms with E-state index in [4.69, 9.17) is 0 Å². The SMILES string of the molecule is CCN(CC)Cc1cn(C2CC3CCC(C2)N3C(=O)C2CCc3n[nH]nc3C2)nn1. The molecule has 1 amide bonds. The van der Waals surface area contributed by atoms with Crippen molar-refractivity contribution >= 4 is 5.91 Å². The lowest BCUT2D eigenvalue weighted by Gasteiger charge is -2.41. The molecule has 3 atom stereocenters. The van der Waals surface area contributed by atoms with Gasteiger partial charge in [-0.1, -0.05) is 19.1 Å². The summed E-state index contributed by atoms with van der Waals surface area (Å²) in [5, 5.41) is 20.0. The van der Waals surface area contributed by atoms with Gasteiger partial charge in [-0.15, -0.1) is 5.10 Å². The number of hydrogen-bond acceptors (Lipinski definition) is 6. The van der Waals surface area contributed by atoms with Crippen LogP contribution >= 0.6 is 0 Å². The third-order valence-electron chi connectivity index (χ3n) is 7.40. The number of rotatable bonds is 6. The highest BCUT2D eigenvalue weighted by atomic mass is 16.2. The van der Waals surface area contributed by atoms with Gasteiger partial charge in [0.1, 0.15) is 0 Å². The molecule has 0 saturated carbocycles. The molecule has 0 spiro atoms. The normalized spacial score (nSPS) is 28.2. The maximum Gasteiger partial charge on any atom is 0.226 e. The molecule has 0 aromatic carbocycles. The van der Waals surface area contributed by atoms with Crippen molar-refractivity contribution in [1.29, 1.82) is 0 Å². The average molecular weight is 413 g/mol. The minimum Gasteiger partial charge on any atom is -0.336 e. The Balaban J connectivity index is 1.24. The van der Waals surface area contributed by atoms with Gasteiger partial charge in [0.2, 0.25) is 5.91 Å². The van der Waals surface area contributed by atoms with Crippen molar-refractivity contribution in [3.05, 3.63) is 23.3 Å². The van der Waals surface area contributed by atoms with Crippen LogP contribution in [0.1, 0.15) is 69.1 Å². The lowest BCUT2D eigenvalue weighted by atomic mass is 9.87. The summed E-state index contributed by atoms with van der Waals surface area (Å²) in [5.41, 5.74) is 3.05. The highest BCUT2D eigenvalue weighted by molar-refractivity contribution is 5.80. The van der Waals surface area contributed by atoms with Crippen LogP contribution in [0, 0.1) is 5.92 Å². The quantitative estimate of drug-likeness (QED) is 0.776. The summed E-state index contributed by atoms with van der Waals surface area (Å²) in [7, 11) is 0. The van der Waals surface area contributed by atoms with Crippen molar-refractivity contribution in [2.75, 3.05) is 13.1 Å². The van der Waals surface area contributed by atoms with Gasteiger partial charge in [0.25, 0.3) is 0 Å². The summed E-state index contributed by atoms with van der Waals surface area (Å²) in [6.07, 6.45) is 8.76. The molecule has 2 bridgehead atoms. The van der Waals surface area contributed by atoms with Gasteiger partial charge in [-0.2, -0.15) is 15.4 Å². The molecular weight excluding hydrogens is 380 g/mol. The van der Waals surface area contributed by atoms with Crippen LogP contribution in [0.2, 0.25) is 0 Å². The molecule has 1 aliphatic carbocycles. The summed E-state index contributed by atoms with van der Waals surface area (Å²) in [4.78, 5) is 18.0. The fourth-order valence-electron chi connectivity index (χ4n) is 5.67. The largest absolute Gasteiger partial charge is 0.336 e. The summed E-state index contributed by atoms with van der Waals surface area (Å²) >= 11 is 0. The zero-order valence-electron chi connectivity index (χ0n) is 18.0. The molecule has 3 aliphatic rings. The summed E-state index contributed by atoms with van der Waals surface area (Å²) in [6, 6.07) is 1.00. The second kappa shape index (κ2) is 8.09. The van der Waals surface area contributed by atoms with Crippen molar-refractivity contribution in [2.45, 2.75) is 83.5 Å². The van der Waals surface area contributed by atoms with Crippen LogP contribution in [0.3, 0.4) is 0 Å². The molecule has 2 fully saturated rings. The lowest BCUT2D eigenvalue weighted by molar-refractivity contribution is -0.141. The molecule has 2 aromatic heterocycles. The van der Waals surface area contributed by atoms with Gasteiger partial charge in [-0.3, -0.25) is 9.69 Å². The van der Waals surface area contributed by atoms with Crippen LogP contribution in [0.15, 0.2) is 6.20 Å². The highest BCUT2D eigenvalue weighted by Gasteiger charge is 2.46. The Hall–Kier alpha value is -2.29. The number of nitrogens with zero attached hydrogens (tertiary/aromatic N) is 7. The van der Waals surface area contributed by atoms with Gasteiger partial charge in [-0.25, -0.2) is 4.68 Å². The predicted molar refractivity (Wildman–Crippen MR) is 110 cm³/mol. The third kappa shape index (κ3) is 3.53. The van der Waals surface area contributed by atoms with Gasteiger partial charge < -0.3 is 4.90 Å². The first-order valence-corrected chi connectivity index (χ1v) is 11.5. The molecule has 1 N–H and O–H groups in total. The minimum atomic E-state index is 0.0503. The van der Waals surface area contributed by atoms with Crippen molar-refractivity contribution in [3.63, 3.8) is 0 Å². The Morgan fingerprint density at radius 2 is 1.83 bits per heavy atom. The monoisotopic (exact) mass is 412 g/mol. The number of aryl methyl sites for hydroxylation is 1. The van der Waals surface area contributed by atoms with Crippen LogP contribution < -0.4 is 0 Å². The number of fused-ring (bicyclic) bond motifs is 3. The van der Waals surface area contributed by atoms with Gasteiger partial charge in [0.15, 0.2) is 0 Å². The molecule has 9 heteroatoms. The minimum absolute atomic E-state index is 0.0503. The van der Waals surface area contributed by atoms with Crippen LogP contribution in [0.25, 0.3) is 0 Å². The van der Waals surface area contributed by atoms with E-state index in [0.717, 1.165) is 81.7 Å². The zero-order chi connectivity index (χ0) is 20.7.